The van der Waals surface area contributed by atoms with Crippen LogP contribution in [0, 0.1) is 0 Å². The second-order valence-electron chi connectivity index (χ2n) is 8.26. The van der Waals surface area contributed by atoms with Gasteiger partial charge in [0.05, 0.1) is 0 Å². The predicted molar refractivity (Wildman–Crippen MR) is 136 cm³/mol. The largest absolute Gasteiger partial charge is 0.396 e. The lowest BCUT2D eigenvalue weighted by Gasteiger charge is -2.23. The van der Waals surface area contributed by atoms with Crippen molar-refractivity contribution in [3.8, 4) is 0 Å². The molecule has 0 radical (unpaired) electrons. The van der Waals surface area contributed by atoms with Gasteiger partial charge in [0.15, 0.2) is 0 Å². The Hall–Kier alpha value is -0.960. The number of nitrogens with zero attached hydrogens (tertiary/aromatic N) is 2. The van der Waals surface area contributed by atoms with Gasteiger partial charge < -0.3 is 20.0 Å². The van der Waals surface area contributed by atoms with E-state index in [4.69, 9.17) is 0 Å². The number of amides is 2. The molecular formula is C24H42N2O4S2. The summed E-state index contributed by atoms with van der Waals surface area (Å²) in [6.07, 6.45) is 14.3. The van der Waals surface area contributed by atoms with Crippen LogP contribution in [0.5, 0.6) is 0 Å². The molecule has 0 aromatic carbocycles. The van der Waals surface area contributed by atoms with Crippen LogP contribution < -0.4 is 0 Å². The highest BCUT2D eigenvalue weighted by molar-refractivity contribution is 8.79. The molecule has 2 amide bonds. The normalized spacial score (nSPS) is 24.2. The number of allylic oxidation sites excluding steroid dienone is 2. The number of carbonyl (C=O) groups excluding carboxylic acids is 2. The molecule has 1 aliphatic rings. The van der Waals surface area contributed by atoms with E-state index in [1.54, 1.807) is 9.80 Å². The summed E-state index contributed by atoms with van der Waals surface area (Å²) < 4.78 is 0. The van der Waals surface area contributed by atoms with E-state index in [1.165, 1.54) is 60.1 Å². The Bertz CT molecular complexity index is 559. The molecular weight excluding hydrogens is 444 g/mol. The molecule has 0 unspecified atom stereocenters. The Balaban J connectivity index is 3.08. The summed E-state index contributed by atoms with van der Waals surface area (Å²) in [5.74, 6) is 0. The van der Waals surface area contributed by atoms with E-state index in [2.05, 4.69) is 0 Å². The van der Waals surface area contributed by atoms with Crippen LogP contribution in [0.1, 0.15) is 90.9 Å². The summed E-state index contributed by atoms with van der Waals surface area (Å²) in [6, 6.07) is 0. The lowest BCUT2D eigenvalue weighted by molar-refractivity contribution is -0.117. The number of aliphatic hydroxyl groups excluding tert-OH is 2. The molecule has 1 rings (SSSR count). The maximum atomic E-state index is 11.7. The van der Waals surface area contributed by atoms with E-state index in [0.717, 1.165) is 59.7 Å². The SMILES string of the molecule is C/C1=C(\CCO)SS/C(CCO)=C(/C)N(C=O)CCCCCCCCCCCCN1C=O. The van der Waals surface area contributed by atoms with Crippen molar-refractivity contribution in [2.24, 2.45) is 0 Å². The topological polar surface area (TPSA) is 81.1 Å². The highest BCUT2D eigenvalue weighted by atomic mass is 33.1. The zero-order chi connectivity index (χ0) is 23.6. The Kier molecular flexibility index (Phi) is 16.8. The van der Waals surface area contributed by atoms with Gasteiger partial charge in [-0.15, -0.1) is 0 Å². The molecule has 0 aromatic rings. The maximum absolute atomic E-state index is 11.7. The molecule has 184 valence electrons. The third kappa shape index (κ3) is 11.3. The molecule has 32 heavy (non-hydrogen) atoms. The first-order chi connectivity index (χ1) is 15.6. The third-order valence-electron chi connectivity index (χ3n) is 5.89. The Morgan fingerprint density at radius 2 is 0.969 bits per heavy atom. The van der Waals surface area contributed by atoms with Crippen molar-refractivity contribution >= 4 is 34.4 Å². The van der Waals surface area contributed by atoms with Crippen LogP contribution in [-0.4, -0.2) is 59.1 Å². The number of hydrogen-bond acceptors (Lipinski definition) is 6. The van der Waals surface area contributed by atoms with Crippen molar-refractivity contribution in [1.82, 2.24) is 9.80 Å². The minimum absolute atomic E-state index is 0.00538. The number of carbonyl (C=O) groups is 2. The Morgan fingerprint density at radius 1 is 0.656 bits per heavy atom. The highest BCUT2D eigenvalue weighted by Crippen LogP contribution is 2.42. The zero-order valence-corrected chi connectivity index (χ0v) is 21.5. The molecule has 8 heteroatoms. The molecule has 0 fully saturated rings. The van der Waals surface area contributed by atoms with E-state index in [9.17, 15) is 19.8 Å². The Labute approximate surface area is 202 Å². The van der Waals surface area contributed by atoms with Crippen LogP contribution in [0.3, 0.4) is 0 Å². The summed E-state index contributed by atoms with van der Waals surface area (Å²) >= 11 is 0. The fourth-order valence-corrected chi connectivity index (χ4v) is 6.62. The number of hydrogen-bond donors (Lipinski definition) is 2. The summed E-state index contributed by atoms with van der Waals surface area (Å²) in [5, 5.41) is 19.1. The molecule has 0 spiro atoms. The second-order valence-corrected chi connectivity index (χ2v) is 10.6. The van der Waals surface area contributed by atoms with Crippen molar-refractivity contribution in [3.63, 3.8) is 0 Å². The predicted octanol–water partition coefficient (Wildman–Crippen LogP) is 5.43. The van der Waals surface area contributed by atoms with Gasteiger partial charge >= 0.3 is 0 Å². The third-order valence-corrected chi connectivity index (χ3v) is 8.83. The fourth-order valence-electron chi connectivity index (χ4n) is 3.77. The average Bonchev–Trinajstić information content (AvgIpc) is 2.80. The van der Waals surface area contributed by atoms with Crippen LogP contribution in [0.2, 0.25) is 0 Å². The van der Waals surface area contributed by atoms with E-state index in [1.807, 2.05) is 13.8 Å². The molecule has 2 N–H and O–H groups in total. The Morgan fingerprint density at radius 3 is 1.25 bits per heavy atom. The molecule has 0 bridgehead atoms. The van der Waals surface area contributed by atoms with E-state index in [-0.39, 0.29) is 13.2 Å². The van der Waals surface area contributed by atoms with Gasteiger partial charge in [-0.3, -0.25) is 9.59 Å². The van der Waals surface area contributed by atoms with Gasteiger partial charge in [0.2, 0.25) is 12.8 Å². The van der Waals surface area contributed by atoms with Gasteiger partial charge in [-0.1, -0.05) is 73.0 Å². The van der Waals surface area contributed by atoms with Crippen molar-refractivity contribution < 1.29 is 19.8 Å². The van der Waals surface area contributed by atoms with E-state index < -0.39 is 0 Å². The van der Waals surface area contributed by atoms with Crippen molar-refractivity contribution in [2.75, 3.05) is 26.3 Å². The molecule has 6 nitrogen and oxygen atoms in total. The zero-order valence-electron chi connectivity index (χ0n) is 19.9. The minimum atomic E-state index is 0.00538. The van der Waals surface area contributed by atoms with Crippen LogP contribution in [0.4, 0.5) is 0 Å². The molecule has 1 heterocycles. The molecule has 0 aromatic heterocycles. The quantitative estimate of drug-likeness (QED) is 0.385. The van der Waals surface area contributed by atoms with E-state index in [0.29, 0.717) is 25.9 Å². The van der Waals surface area contributed by atoms with Crippen molar-refractivity contribution in [1.29, 1.82) is 0 Å². The average molecular weight is 487 g/mol. The van der Waals surface area contributed by atoms with Gasteiger partial charge in [-0.25, -0.2) is 0 Å². The van der Waals surface area contributed by atoms with Gasteiger partial charge in [0, 0.05) is 60.3 Å². The van der Waals surface area contributed by atoms with Crippen LogP contribution in [-0.2, 0) is 9.59 Å². The monoisotopic (exact) mass is 486 g/mol. The van der Waals surface area contributed by atoms with Gasteiger partial charge in [0.25, 0.3) is 0 Å². The van der Waals surface area contributed by atoms with Gasteiger partial charge in [0.1, 0.15) is 0 Å². The van der Waals surface area contributed by atoms with Crippen LogP contribution in [0.15, 0.2) is 21.2 Å². The lowest BCUT2D eigenvalue weighted by atomic mass is 10.1. The first kappa shape index (κ1) is 29.1. The van der Waals surface area contributed by atoms with Crippen molar-refractivity contribution in [2.45, 2.75) is 90.9 Å². The van der Waals surface area contributed by atoms with E-state index >= 15 is 0 Å². The van der Waals surface area contributed by atoms with Crippen LogP contribution in [0.25, 0.3) is 0 Å². The minimum Gasteiger partial charge on any atom is -0.396 e. The molecule has 0 atom stereocenters. The lowest BCUT2D eigenvalue weighted by Crippen LogP contribution is -2.22. The maximum Gasteiger partial charge on any atom is 0.213 e. The van der Waals surface area contributed by atoms with Crippen LogP contribution >= 0.6 is 21.6 Å². The number of aliphatic hydroxyl groups is 2. The summed E-state index contributed by atoms with van der Waals surface area (Å²) in [7, 11) is 3.02. The second kappa shape index (κ2) is 18.5. The van der Waals surface area contributed by atoms with Gasteiger partial charge in [-0.2, -0.15) is 0 Å². The standard InChI is InChI=1S/C24H42N2O4S2/c1-21-23(13-17-27)31-32-24(14-18-28)22(2)26(20-30)16-12-10-8-6-4-3-5-7-9-11-15-25(21)19-29/h19-20,27-28H,3-18H2,1-2H3/b23-21-,24-22-. The fraction of sp³-hybridized carbons (Fsp3) is 0.750. The first-order valence-corrected chi connectivity index (χ1v) is 14.1. The number of rotatable bonds is 6. The smallest absolute Gasteiger partial charge is 0.213 e. The first-order valence-electron chi connectivity index (χ1n) is 12.0. The summed E-state index contributed by atoms with van der Waals surface area (Å²) in [6.45, 7) is 5.24. The summed E-state index contributed by atoms with van der Waals surface area (Å²) in [5.41, 5.74) is 1.74. The highest BCUT2D eigenvalue weighted by Gasteiger charge is 2.16. The summed E-state index contributed by atoms with van der Waals surface area (Å²) in [4.78, 5) is 28.9. The van der Waals surface area contributed by atoms with Crippen molar-refractivity contribution in [3.05, 3.63) is 21.2 Å². The molecule has 0 saturated heterocycles. The molecule has 1 aliphatic heterocycles. The molecule has 0 aliphatic carbocycles. The molecule has 0 saturated carbocycles. The van der Waals surface area contributed by atoms with Gasteiger partial charge in [-0.05, 0) is 26.7 Å².